The summed E-state index contributed by atoms with van der Waals surface area (Å²) < 4.78 is 5.10. The number of nitrogens with one attached hydrogen (secondary N) is 2. The SMILES string of the molecule is CCOC(=O)[C@@H]1CCC[NH+](CC(=O)N(C)CC(=O)Nc2ccc(C)cc2)C1. The highest BCUT2D eigenvalue weighted by molar-refractivity contribution is 5.94. The number of hydrogen-bond donors (Lipinski definition) is 2. The van der Waals surface area contributed by atoms with Gasteiger partial charge in [0.15, 0.2) is 6.54 Å². The molecule has 1 heterocycles. The van der Waals surface area contributed by atoms with Crippen molar-refractivity contribution in [2.75, 3.05) is 45.2 Å². The highest BCUT2D eigenvalue weighted by Crippen LogP contribution is 2.10. The van der Waals surface area contributed by atoms with E-state index in [0.29, 0.717) is 18.8 Å². The van der Waals surface area contributed by atoms with Crippen molar-refractivity contribution >= 4 is 23.5 Å². The third-order valence-electron chi connectivity index (χ3n) is 4.78. The third-order valence-corrected chi connectivity index (χ3v) is 4.78. The summed E-state index contributed by atoms with van der Waals surface area (Å²) in [6.07, 6.45) is 1.70. The molecule has 1 aromatic rings. The average Bonchev–Trinajstić information content (AvgIpc) is 2.64. The van der Waals surface area contributed by atoms with E-state index in [1.54, 1.807) is 14.0 Å². The van der Waals surface area contributed by atoms with Gasteiger partial charge in [0.1, 0.15) is 5.92 Å². The molecule has 1 aliphatic rings. The molecule has 7 heteroatoms. The number of rotatable bonds is 7. The molecule has 0 spiro atoms. The summed E-state index contributed by atoms with van der Waals surface area (Å²) in [5.41, 5.74) is 1.83. The van der Waals surface area contributed by atoms with E-state index in [1.807, 2.05) is 31.2 Å². The Bertz CT molecular complexity index is 660. The molecule has 1 aliphatic heterocycles. The maximum atomic E-state index is 12.5. The van der Waals surface area contributed by atoms with Crippen molar-refractivity contribution < 1.29 is 24.0 Å². The highest BCUT2D eigenvalue weighted by atomic mass is 16.5. The van der Waals surface area contributed by atoms with Crippen molar-refractivity contribution in [2.24, 2.45) is 5.92 Å². The number of nitrogens with zero attached hydrogens (tertiary/aromatic N) is 1. The van der Waals surface area contributed by atoms with Crippen LogP contribution in [0.1, 0.15) is 25.3 Å². The van der Waals surface area contributed by atoms with Crippen LogP contribution in [0.15, 0.2) is 24.3 Å². The van der Waals surface area contributed by atoms with Gasteiger partial charge in [0, 0.05) is 12.7 Å². The molecule has 1 saturated heterocycles. The molecule has 2 atom stereocenters. The van der Waals surface area contributed by atoms with Crippen LogP contribution in [-0.4, -0.2) is 62.5 Å². The lowest BCUT2D eigenvalue weighted by Crippen LogP contribution is -3.14. The second-order valence-corrected chi connectivity index (χ2v) is 7.14. The number of amides is 2. The molecule has 2 rings (SSSR count). The van der Waals surface area contributed by atoms with Crippen LogP contribution in [0.25, 0.3) is 0 Å². The van der Waals surface area contributed by atoms with E-state index < -0.39 is 0 Å². The molecule has 2 amide bonds. The van der Waals surface area contributed by atoms with Gasteiger partial charge in [-0.05, 0) is 38.8 Å². The van der Waals surface area contributed by atoms with Crippen molar-refractivity contribution in [3.05, 3.63) is 29.8 Å². The normalized spacial score (nSPS) is 19.2. The molecule has 7 nitrogen and oxygen atoms in total. The Balaban J connectivity index is 1.79. The van der Waals surface area contributed by atoms with Crippen LogP contribution in [0, 0.1) is 12.8 Å². The molecule has 2 N–H and O–H groups in total. The molecule has 148 valence electrons. The molecule has 0 aromatic heterocycles. The minimum Gasteiger partial charge on any atom is -0.466 e. The molecular weight excluding hydrogens is 346 g/mol. The van der Waals surface area contributed by atoms with Gasteiger partial charge in [0.2, 0.25) is 5.91 Å². The predicted octanol–water partition coefficient (Wildman–Crippen LogP) is 0.250. The molecule has 1 unspecified atom stereocenters. The number of likely N-dealkylation sites (tertiary alicyclic amines) is 1. The van der Waals surface area contributed by atoms with Gasteiger partial charge in [-0.15, -0.1) is 0 Å². The number of carbonyl (C=O) groups excluding carboxylic acids is 3. The quantitative estimate of drug-likeness (QED) is 0.669. The second kappa shape index (κ2) is 10.1. The van der Waals surface area contributed by atoms with E-state index in [9.17, 15) is 14.4 Å². The first-order chi connectivity index (χ1) is 12.9. The van der Waals surface area contributed by atoms with Crippen LogP contribution < -0.4 is 10.2 Å². The van der Waals surface area contributed by atoms with Gasteiger partial charge in [0.05, 0.1) is 26.2 Å². The van der Waals surface area contributed by atoms with Crippen molar-refractivity contribution in [2.45, 2.75) is 26.7 Å². The number of aryl methyl sites for hydroxylation is 1. The number of carbonyl (C=O) groups is 3. The monoisotopic (exact) mass is 376 g/mol. The molecule has 0 radical (unpaired) electrons. The molecule has 27 heavy (non-hydrogen) atoms. The van der Waals surface area contributed by atoms with E-state index in [2.05, 4.69) is 5.32 Å². The van der Waals surface area contributed by atoms with Gasteiger partial charge in [0.25, 0.3) is 5.91 Å². The van der Waals surface area contributed by atoms with E-state index in [4.69, 9.17) is 4.74 Å². The lowest BCUT2D eigenvalue weighted by molar-refractivity contribution is -0.899. The Morgan fingerprint density at radius 1 is 1.26 bits per heavy atom. The van der Waals surface area contributed by atoms with Crippen LogP contribution >= 0.6 is 0 Å². The molecular formula is C20H30N3O4+. The van der Waals surface area contributed by atoms with E-state index in [1.165, 1.54) is 4.90 Å². The molecule has 1 fully saturated rings. The zero-order valence-electron chi connectivity index (χ0n) is 16.4. The lowest BCUT2D eigenvalue weighted by Gasteiger charge is -2.29. The van der Waals surface area contributed by atoms with Crippen LogP contribution in [0.5, 0.6) is 0 Å². The average molecular weight is 376 g/mol. The topological polar surface area (TPSA) is 80.2 Å². The number of likely N-dealkylation sites (N-methyl/N-ethyl adjacent to an activating group) is 1. The first kappa shape index (κ1) is 20.9. The van der Waals surface area contributed by atoms with Gasteiger partial charge in [-0.25, -0.2) is 0 Å². The number of piperidine rings is 1. The Morgan fingerprint density at radius 3 is 2.63 bits per heavy atom. The lowest BCUT2D eigenvalue weighted by atomic mass is 9.98. The summed E-state index contributed by atoms with van der Waals surface area (Å²) in [6.45, 7) is 5.89. The minimum atomic E-state index is -0.229. The fourth-order valence-corrected chi connectivity index (χ4v) is 3.26. The van der Waals surface area contributed by atoms with Gasteiger partial charge in [-0.1, -0.05) is 17.7 Å². The fraction of sp³-hybridized carbons (Fsp3) is 0.550. The molecule has 0 bridgehead atoms. The first-order valence-corrected chi connectivity index (χ1v) is 9.49. The van der Waals surface area contributed by atoms with Gasteiger partial charge in [-0.2, -0.15) is 0 Å². The van der Waals surface area contributed by atoms with E-state index >= 15 is 0 Å². The maximum absolute atomic E-state index is 12.5. The summed E-state index contributed by atoms with van der Waals surface area (Å²) in [5.74, 6) is -0.647. The van der Waals surface area contributed by atoms with E-state index in [-0.39, 0.29) is 36.8 Å². The standard InChI is InChI=1S/C20H29N3O4/c1-4-27-20(26)16-6-5-11-23(12-16)14-19(25)22(3)13-18(24)21-17-9-7-15(2)8-10-17/h7-10,16H,4-6,11-14H2,1-3H3,(H,21,24)/p+1/t16-/m1/s1. The minimum absolute atomic E-state index is 0.00128. The molecule has 1 aromatic carbocycles. The number of ether oxygens (including phenoxy) is 1. The fourth-order valence-electron chi connectivity index (χ4n) is 3.26. The Hall–Kier alpha value is -2.41. The Labute approximate surface area is 160 Å². The second-order valence-electron chi connectivity index (χ2n) is 7.14. The van der Waals surface area contributed by atoms with Gasteiger partial charge < -0.3 is 19.9 Å². The number of quaternary nitrogens is 1. The van der Waals surface area contributed by atoms with Crippen molar-refractivity contribution in [3.8, 4) is 0 Å². The van der Waals surface area contributed by atoms with Crippen LogP contribution in [-0.2, 0) is 19.1 Å². The summed E-state index contributed by atoms with van der Waals surface area (Å²) in [7, 11) is 1.63. The van der Waals surface area contributed by atoms with Crippen molar-refractivity contribution in [1.82, 2.24) is 4.90 Å². The Kier molecular flexibility index (Phi) is 7.79. The van der Waals surface area contributed by atoms with Crippen molar-refractivity contribution in [1.29, 1.82) is 0 Å². The number of benzene rings is 1. The predicted molar refractivity (Wildman–Crippen MR) is 102 cm³/mol. The molecule has 0 aliphatic carbocycles. The van der Waals surface area contributed by atoms with Gasteiger partial charge in [-0.3, -0.25) is 14.4 Å². The zero-order valence-corrected chi connectivity index (χ0v) is 16.4. The summed E-state index contributed by atoms with van der Waals surface area (Å²) in [4.78, 5) is 39.0. The summed E-state index contributed by atoms with van der Waals surface area (Å²) in [5, 5.41) is 2.79. The summed E-state index contributed by atoms with van der Waals surface area (Å²) in [6, 6.07) is 7.51. The van der Waals surface area contributed by atoms with Crippen LogP contribution in [0.4, 0.5) is 5.69 Å². The van der Waals surface area contributed by atoms with Crippen LogP contribution in [0.3, 0.4) is 0 Å². The summed E-state index contributed by atoms with van der Waals surface area (Å²) >= 11 is 0. The molecule has 0 saturated carbocycles. The largest absolute Gasteiger partial charge is 0.466 e. The zero-order chi connectivity index (χ0) is 19.8. The van der Waals surface area contributed by atoms with Gasteiger partial charge >= 0.3 is 5.97 Å². The third kappa shape index (κ3) is 6.67. The van der Waals surface area contributed by atoms with Crippen LogP contribution in [0.2, 0.25) is 0 Å². The highest BCUT2D eigenvalue weighted by Gasteiger charge is 2.31. The first-order valence-electron chi connectivity index (χ1n) is 9.49. The van der Waals surface area contributed by atoms with E-state index in [0.717, 1.165) is 29.8 Å². The van der Waals surface area contributed by atoms with Crippen molar-refractivity contribution in [3.63, 3.8) is 0 Å². The maximum Gasteiger partial charge on any atom is 0.314 e. The number of esters is 1. The number of anilines is 1. The Morgan fingerprint density at radius 2 is 1.96 bits per heavy atom. The smallest absolute Gasteiger partial charge is 0.314 e. The number of hydrogen-bond acceptors (Lipinski definition) is 4.